The molecule has 1 aromatic rings. The molecule has 0 saturated heterocycles. The minimum atomic E-state index is 0.403. The third-order valence-corrected chi connectivity index (χ3v) is 3.02. The molecule has 2 nitrogen and oxygen atoms in total. The monoisotopic (exact) mass is 232 g/mol. The van der Waals surface area contributed by atoms with E-state index in [2.05, 4.69) is 20.8 Å². The molecule has 0 aliphatic rings. The number of benzene rings is 1. The lowest BCUT2D eigenvalue weighted by molar-refractivity contribution is 0.525. The summed E-state index contributed by atoms with van der Waals surface area (Å²) < 4.78 is 0. The van der Waals surface area contributed by atoms with Gasteiger partial charge in [-0.1, -0.05) is 39.0 Å². The van der Waals surface area contributed by atoms with Crippen LogP contribution in [0.3, 0.4) is 0 Å². The van der Waals surface area contributed by atoms with E-state index < -0.39 is 0 Å². The quantitative estimate of drug-likeness (QED) is 0.770. The summed E-state index contributed by atoms with van der Waals surface area (Å²) in [5, 5.41) is 0. The van der Waals surface area contributed by atoms with E-state index in [0.29, 0.717) is 11.8 Å². The second-order valence-electron chi connectivity index (χ2n) is 5.10. The van der Waals surface area contributed by atoms with Crippen molar-refractivity contribution < 1.29 is 0 Å². The zero-order valence-electron chi connectivity index (χ0n) is 11.3. The number of allylic oxidation sites excluding steroid dienone is 1. The van der Waals surface area contributed by atoms with Gasteiger partial charge < -0.3 is 11.5 Å². The molecule has 94 valence electrons. The van der Waals surface area contributed by atoms with Crippen molar-refractivity contribution in [1.82, 2.24) is 0 Å². The largest absolute Gasteiger partial charge is 0.398 e. The molecule has 0 spiro atoms. The normalized spacial score (nSPS) is 13.5. The third-order valence-electron chi connectivity index (χ3n) is 3.02. The van der Waals surface area contributed by atoms with Crippen LogP contribution in [0.4, 0.5) is 11.4 Å². The Labute approximate surface area is 105 Å². The lowest BCUT2D eigenvalue weighted by Crippen LogP contribution is -2.07. The average molecular weight is 232 g/mol. The molecule has 1 rings (SSSR count). The van der Waals surface area contributed by atoms with Crippen LogP contribution in [0.15, 0.2) is 18.2 Å². The third kappa shape index (κ3) is 3.26. The zero-order valence-corrected chi connectivity index (χ0v) is 11.3. The highest BCUT2D eigenvalue weighted by atomic mass is 14.6. The minimum Gasteiger partial charge on any atom is -0.398 e. The van der Waals surface area contributed by atoms with Gasteiger partial charge in [0.15, 0.2) is 0 Å². The van der Waals surface area contributed by atoms with Crippen molar-refractivity contribution >= 4 is 17.5 Å². The molecule has 0 fully saturated rings. The van der Waals surface area contributed by atoms with Gasteiger partial charge in [-0.25, -0.2) is 0 Å². The van der Waals surface area contributed by atoms with Crippen LogP contribution in [0, 0.1) is 5.92 Å². The fraction of sp³-hybridized carbons (Fsp3) is 0.467. The standard InChI is InChI=1S/C15H24N2/c1-5-6-12-7-8-13(16)14(15(12)17)11(4)9-10(2)3/h5-8,10-11H,9,16-17H2,1-4H3. The fourth-order valence-corrected chi connectivity index (χ4v) is 2.37. The van der Waals surface area contributed by atoms with Gasteiger partial charge >= 0.3 is 0 Å². The van der Waals surface area contributed by atoms with Gasteiger partial charge in [0.2, 0.25) is 0 Å². The van der Waals surface area contributed by atoms with Crippen molar-refractivity contribution in [3.8, 4) is 0 Å². The Morgan fingerprint density at radius 1 is 1.18 bits per heavy atom. The van der Waals surface area contributed by atoms with Gasteiger partial charge in [0.25, 0.3) is 0 Å². The molecule has 0 amide bonds. The second kappa shape index (κ2) is 5.76. The first-order chi connectivity index (χ1) is 7.97. The maximum Gasteiger partial charge on any atom is 0.0443 e. The first-order valence-corrected chi connectivity index (χ1v) is 6.27. The molecule has 0 aromatic heterocycles. The number of nitrogen functional groups attached to an aromatic ring is 2. The van der Waals surface area contributed by atoms with Crippen LogP contribution >= 0.6 is 0 Å². The molecule has 0 radical (unpaired) electrons. The molecule has 0 heterocycles. The highest BCUT2D eigenvalue weighted by molar-refractivity contribution is 5.74. The van der Waals surface area contributed by atoms with Crippen LogP contribution in [0.2, 0.25) is 0 Å². The topological polar surface area (TPSA) is 52.0 Å². The number of nitrogens with two attached hydrogens (primary N) is 2. The Morgan fingerprint density at radius 3 is 2.35 bits per heavy atom. The number of hydrogen-bond donors (Lipinski definition) is 2. The van der Waals surface area contributed by atoms with E-state index in [4.69, 9.17) is 11.5 Å². The maximum absolute atomic E-state index is 6.22. The summed E-state index contributed by atoms with van der Waals surface area (Å²) in [6.07, 6.45) is 5.13. The van der Waals surface area contributed by atoms with Gasteiger partial charge in [0.1, 0.15) is 0 Å². The Hall–Kier alpha value is -1.44. The minimum absolute atomic E-state index is 0.403. The fourth-order valence-electron chi connectivity index (χ4n) is 2.37. The molecular weight excluding hydrogens is 208 g/mol. The Bertz CT molecular complexity index is 406. The van der Waals surface area contributed by atoms with E-state index in [9.17, 15) is 0 Å². The van der Waals surface area contributed by atoms with Crippen molar-refractivity contribution in [2.24, 2.45) is 5.92 Å². The number of hydrogen-bond acceptors (Lipinski definition) is 2. The summed E-state index contributed by atoms with van der Waals surface area (Å²) in [6.45, 7) is 8.63. The Morgan fingerprint density at radius 2 is 1.82 bits per heavy atom. The van der Waals surface area contributed by atoms with E-state index in [1.165, 1.54) is 0 Å². The van der Waals surface area contributed by atoms with E-state index in [1.54, 1.807) is 0 Å². The van der Waals surface area contributed by atoms with E-state index in [1.807, 2.05) is 31.2 Å². The zero-order chi connectivity index (χ0) is 13.0. The van der Waals surface area contributed by atoms with E-state index >= 15 is 0 Å². The van der Waals surface area contributed by atoms with Gasteiger partial charge in [-0.3, -0.25) is 0 Å². The van der Waals surface area contributed by atoms with Gasteiger partial charge in [0.05, 0.1) is 0 Å². The van der Waals surface area contributed by atoms with Crippen molar-refractivity contribution in [2.75, 3.05) is 11.5 Å². The molecule has 0 aliphatic carbocycles. The van der Waals surface area contributed by atoms with Crippen LogP contribution in [-0.2, 0) is 0 Å². The SMILES string of the molecule is CC=Cc1ccc(N)c(C(C)CC(C)C)c1N. The summed E-state index contributed by atoms with van der Waals surface area (Å²) in [6, 6.07) is 3.94. The molecule has 17 heavy (non-hydrogen) atoms. The van der Waals surface area contributed by atoms with Crippen molar-refractivity contribution in [3.63, 3.8) is 0 Å². The summed E-state index contributed by atoms with van der Waals surface area (Å²) >= 11 is 0. The predicted molar refractivity (Wildman–Crippen MR) is 77.8 cm³/mol. The van der Waals surface area contributed by atoms with Crippen LogP contribution in [-0.4, -0.2) is 0 Å². The lowest BCUT2D eigenvalue weighted by atomic mass is 9.88. The average Bonchev–Trinajstić information content (AvgIpc) is 2.21. The molecule has 1 unspecified atom stereocenters. The highest BCUT2D eigenvalue weighted by Gasteiger charge is 2.15. The number of anilines is 2. The first kappa shape index (κ1) is 13.6. The van der Waals surface area contributed by atoms with Gasteiger partial charge in [0, 0.05) is 16.9 Å². The Balaban J connectivity index is 3.17. The van der Waals surface area contributed by atoms with Gasteiger partial charge in [-0.2, -0.15) is 0 Å². The van der Waals surface area contributed by atoms with Gasteiger partial charge in [-0.05, 0) is 36.8 Å². The molecule has 0 aliphatic heterocycles. The Kier molecular flexibility index (Phi) is 4.62. The summed E-state index contributed by atoms with van der Waals surface area (Å²) in [5.41, 5.74) is 16.1. The smallest absolute Gasteiger partial charge is 0.0443 e. The van der Waals surface area contributed by atoms with Crippen LogP contribution in [0.5, 0.6) is 0 Å². The highest BCUT2D eigenvalue weighted by Crippen LogP contribution is 2.34. The van der Waals surface area contributed by atoms with Gasteiger partial charge in [-0.15, -0.1) is 0 Å². The molecule has 0 saturated carbocycles. The molecule has 0 bridgehead atoms. The van der Waals surface area contributed by atoms with Crippen molar-refractivity contribution in [2.45, 2.75) is 40.0 Å². The molecule has 1 aromatic carbocycles. The van der Waals surface area contributed by atoms with Crippen LogP contribution in [0.1, 0.15) is 51.2 Å². The van der Waals surface area contributed by atoms with Crippen LogP contribution in [0.25, 0.3) is 6.08 Å². The molecule has 1 atom stereocenters. The maximum atomic E-state index is 6.22. The van der Waals surface area contributed by atoms with Crippen molar-refractivity contribution in [3.05, 3.63) is 29.3 Å². The van der Waals surface area contributed by atoms with E-state index in [-0.39, 0.29) is 0 Å². The first-order valence-electron chi connectivity index (χ1n) is 6.27. The summed E-state index contributed by atoms with van der Waals surface area (Å²) in [5.74, 6) is 1.05. The second-order valence-corrected chi connectivity index (χ2v) is 5.10. The summed E-state index contributed by atoms with van der Waals surface area (Å²) in [4.78, 5) is 0. The molecule has 2 heteroatoms. The molecular formula is C15H24N2. The number of rotatable bonds is 4. The van der Waals surface area contributed by atoms with E-state index in [0.717, 1.165) is 28.9 Å². The lowest BCUT2D eigenvalue weighted by Gasteiger charge is -2.20. The van der Waals surface area contributed by atoms with Crippen molar-refractivity contribution in [1.29, 1.82) is 0 Å². The van der Waals surface area contributed by atoms with Crippen LogP contribution < -0.4 is 11.5 Å². The summed E-state index contributed by atoms with van der Waals surface area (Å²) in [7, 11) is 0. The predicted octanol–water partition coefficient (Wildman–Crippen LogP) is 4.03. The molecule has 4 N–H and O–H groups in total.